The molecule has 0 aliphatic rings. The van der Waals surface area contributed by atoms with Crippen molar-refractivity contribution in [3.05, 3.63) is 16.6 Å². The maximum Gasteiger partial charge on any atom is 0.106 e. The lowest BCUT2D eigenvalue weighted by Gasteiger charge is -2.21. The third-order valence-electron chi connectivity index (χ3n) is 2.04. The van der Waals surface area contributed by atoms with Crippen molar-refractivity contribution >= 4 is 11.3 Å². The van der Waals surface area contributed by atoms with Gasteiger partial charge in [0.1, 0.15) is 6.10 Å². The van der Waals surface area contributed by atoms with Crippen LogP contribution in [0.2, 0.25) is 0 Å². The SMILES string of the molecule is CC(O)C(C)OC(CN)c1cncs1. The maximum absolute atomic E-state index is 9.28. The molecule has 1 aromatic heterocycles. The topological polar surface area (TPSA) is 68.4 Å². The molecule has 0 fully saturated rings. The lowest BCUT2D eigenvalue weighted by Crippen LogP contribution is -2.27. The molecule has 0 amide bonds. The second-order valence-electron chi connectivity index (χ2n) is 3.21. The highest BCUT2D eigenvalue weighted by molar-refractivity contribution is 7.09. The van der Waals surface area contributed by atoms with Crippen LogP contribution in [0.3, 0.4) is 0 Å². The van der Waals surface area contributed by atoms with Gasteiger partial charge < -0.3 is 15.6 Å². The molecule has 0 aromatic carbocycles. The number of nitrogens with two attached hydrogens (primary N) is 1. The second kappa shape index (κ2) is 5.41. The van der Waals surface area contributed by atoms with Gasteiger partial charge in [0.25, 0.3) is 0 Å². The van der Waals surface area contributed by atoms with Gasteiger partial charge in [-0.3, -0.25) is 4.98 Å². The molecule has 0 aliphatic heterocycles. The third kappa shape index (κ3) is 3.02. The number of rotatable bonds is 5. The summed E-state index contributed by atoms with van der Waals surface area (Å²) in [6, 6.07) is 0. The zero-order valence-electron chi connectivity index (χ0n) is 8.38. The zero-order valence-corrected chi connectivity index (χ0v) is 9.20. The van der Waals surface area contributed by atoms with Gasteiger partial charge >= 0.3 is 0 Å². The van der Waals surface area contributed by atoms with E-state index in [4.69, 9.17) is 10.5 Å². The normalized spacial score (nSPS) is 17.7. The molecule has 80 valence electrons. The predicted molar refractivity (Wildman–Crippen MR) is 56.1 cm³/mol. The Balaban J connectivity index is 2.56. The van der Waals surface area contributed by atoms with E-state index in [9.17, 15) is 5.11 Å². The van der Waals surface area contributed by atoms with Crippen LogP contribution in [0.5, 0.6) is 0 Å². The van der Waals surface area contributed by atoms with E-state index in [0.29, 0.717) is 6.54 Å². The second-order valence-corrected chi connectivity index (χ2v) is 4.13. The maximum atomic E-state index is 9.28. The van der Waals surface area contributed by atoms with Crippen molar-refractivity contribution in [2.75, 3.05) is 6.54 Å². The van der Waals surface area contributed by atoms with E-state index in [1.54, 1.807) is 18.6 Å². The van der Waals surface area contributed by atoms with Crippen LogP contribution >= 0.6 is 11.3 Å². The predicted octanol–water partition coefficient (Wildman–Crippen LogP) is 0.929. The van der Waals surface area contributed by atoms with Gasteiger partial charge in [-0.2, -0.15) is 0 Å². The number of hydrogen-bond acceptors (Lipinski definition) is 5. The highest BCUT2D eigenvalue weighted by atomic mass is 32.1. The number of aliphatic hydroxyl groups excluding tert-OH is 1. The summed E-state index contributed by atoms with van der Waals surface area (Å²) in [5.74, 6) is 0. The molecule has 3 unspecified atom stereocenters. The van der Waals surface area contributed by atoms with Crippen molar-refractivity contribution in [2.45, 2.75) is 32.2 Å². The van der Waals surface area contributed by atoms with E-state index in [0.717, 1.165) is 4.88 Å². The van der Waals surface area contributed by atoms with Gasteiger partial charge in [-0.15, -0.1) is 11.3 Å². The van der Waals surface area contributed by atoms with Gasteiger partial charge in [0.2, 0.25) is 0 Å². The molecule has 0 spiro atoms. The van der Waals surface area contributed by atoms with Crippen LogP contribution in [-0.4, -0.2) is 28.8 Å². The monoisotopic (exact) mass is 216 g/mol. The van der Waals surface area contributed by atoms with Crippen LogP contribution in [0.25, 0.3) is 0 Å². The molecule has 1 aromatic rings. The van der Waals surface area contributed by atoms with Crippen molar-refractivity contribution in [1.82, 2.24) is 4.98 Å². The Hall–Kier alpha value is -0.490. The summed E-state index contributed by atoms with van der Waals surface area (Å²) in [4.78, 5) is 4.96. The van der Waals surface area contributed by atoms with E-state index in [1.807, 2.05) is 6.92 Å². The highest BCUT2D eigenvalue weighted by Crippen LogP contribution is 2.22. The van der Waals surface area contributed by atoms with E-state index in [1.165, 1.54) is 11.3 Å². The first-order valence-electron chi connectivity index (χ1n) is 4.57. The Labute approximate surface area is 87.7 Å². The summed E-state index contributed by atoms with van der Waals surface area (Å²) in [6.07, 6.45) is 0.881. The van der Waals surface area contributed by atoms with E-state index < -0.39 is 6.10 Å². The van der Waals surface area contributed by atoms with Crippen molar-refractivity contribution in [2.24, 2.45) is 5.73 Å². The molecule has 4 nitrogen and oxygen atoms in total. The molecule has 1 heterocycles. The molecule has 0 saturated carbocycles. The first kappa shape index (κ1) is 11.6. The molecule has 1 rings (SSSR count). The Morgan fingerprint density at radius 1 is 1.64 bits per heavy atom. The number of aliphatic hydroxyl groups is 1. The number of aromatic nitrogens is 1. The van der Waals surface area contributed by atoms with Crippen molar-refractivity contribution in [1.29, 1.82) is 0 Å². The Morgan fingerprint density at radius 2 is 2.36 bits per heavy atom. The van der Waals surface area contributed by atoms with E-state index in [2.05, 4.69) is 4.98 Å². The summed E-state index contributed by atoms with van der Waals surface area (Å²) in [7, 11) is 0. The molecule has 0 saturated heterocycles. The van der Waals surface area contributed by atoms with Crippen molar-refractivity contribution in [3.63, 3.8) is 0 Å². The largest absolute Gasteiger partial charge is 0.391 e. The summed E-state index contributed by atoms with van der Waals surface area (Å²) >= 11 is 1.51. The lowest BCUT2D eigenvalue weighted by molar-refractivity contribution is -0.0579. The fraction of sp³-hybridized carbons (Fsp3) is 0.667. The average molecular weight is 216 g/mol. The van der Waals surface area contributed by atoms with E-state index in [-0.39, 0.29) is 12.2 Å². The molecular formula is C9H16N2O2S. The molecule has 0 bridgehead atoms. The lowest BCUT2D eigenvalue weighted by atomic mass is 10.2. The van der Waals surface area contributed by atoms with Crippen LogP contribution in [0, 0.1) is 0 Å². The summed E-state index contributed by atoms with van der Waals surface area (Å²) < 4.78 is 5.60. The van der Waals surface area contributed by atoms with Gasteiger partial charge in [0.15, 0.2) is 0 Å². The Kier molecular flexibility index (Phi) is 4.47. The molecule has 14 heavy (non-hydrogen) atoms. The number of hydrogen-bond donors (Lipinski definition) is 2. The summed E-state index contributed by atoms with van der Waals surface area (Å²) in [5.41, 5.74) is 7.33. The van der Waals surface area contributed by atoms with Gasteiger partial charge in [0.05, 0.1) is 22.6 Å². The third-order valence-corrected chi connectivity index (χ3v) is 2.91. The number of nitrogens with zero attached hydrogens (tertiary/aromatic N) is 1. The smallest absolute Gasteiger partial charge is 0.106 e. The van der Waals surface area contributed by atoms with Crippen molar-refractivity contribution < 1.29 is 9.84 Å². The van der Waals surface area contributed by atoms with Crippen LogP contribution in [0.1, 0.15) is 24.8 Å². The number of ether oxygens (including phenoxy) is 1. The molecule has 3 N–H and O–H groups in total. The number of thiazole rings is 1. The summed E-state index contributed by atoms with van der Waals surface area (Å²) in [6.45, 7) is 3.93. The fourth-order valence-corrected chi connectivity index (χ4v) is 1.66. The van der Waals surface area contributed by atoms with Gasteiger partial charge in [-0.25, -0.2) is 0 Å². The molecule has 0 aliphatic carbocycles. The van der Waals surface area contributed by atoms with Gasteiger partial charge in [-0.1, -0.05) is 0 Å². The Bertz CT molecular complexity index is 251. The van der Waals surface area contributed by atoms with Crippen LogP contribution in [0.15, 0.2) is 11.7 Å². The van der Waals surface area contributed by atoms with E-state index >= 15 is 0 Å². The standard InChI is InChI=1S/C9H16N2O2S/c1-6(12)7(2)13-8(3-10)9-4-11-5-14-9/h4-8,12H,3,10H2,1-2H3. The van der Waals surface area contributed by atoms with Crippen LogP contribution in [0.4, 0.5) is 0 Å². The minimum atomic E-state index is -0.489. The van der Waals surface area contributed by atoms with Crippen LogP contribution in [-0.2, 0) is 4.74 Å². The van der Waals surface area contributed by atoms with Crippen LogP contribution < -0.4 is 5.73 Å². The Morgan fingerprint density at radius 3 is 2.79 bits per heavy atom. The van der Waals surface area contributed by atoms with Crippen molar-refractivity contribution in [3.8, 4) is 0 Å². The first-order valence-corrected chi connectivity index (χ1v) is 5.45. The first-order chi connectivity index (χ1) is 6.65. The highest BCUT2D eigenvalue weighted by Gasteiger charge is 2.18. The minimum absolute atomic E-state index is 0.160. The molecule has 0 radical (unpaired) electrons. The molecule has 5 heteroatoms. The quantitative estimate of drug-likeness (QED) is 0.768. The molecule has 3 atom stereocenters. The molecular weight excluding hydrogens is 200 g/mol. The van der Waals surface area contributed by atoms with Gasteiger partial charge in [-0.05, 0) is 13.8 Å². The zero-order chi connectivity index (χ0) is 10.6. The van der Waals surface area contributed by atoms with Gasteiger partial charge in [0, 0.05) is 12.7 Å². The fourth-order valence-electron chi connectivity index (χ4n) is 0.996. The summed E-state index contributed by atoms with van der Waals surface area (Å²) in [5, 5.41) is 9.28. The average Bonchev–Trinajstić information content (AvgIpc) is 2.66. The minimum Gasteiger partial charge on any atom is -0.391 e.